The van der Waals surface area contributed by atoms with E-state index in [-0.39, 0.29) is 5.57 Å². The molecule has 0 aliphatic heterocycles. The standard InChI is InChI=1S/C23H15BrCl2N2O2/c24-18-3-10-22(30-14-15-1-4-19(25)5-2-15)16(12-18)11-17(13-27)23(29)28-21-8-6-20(26)7-9-21/h1-12H,14H2,(H,28,29)/b17-11+. The van der Waals surface area contributed by atoms with E-state index in [0.717, 1.165) is 10.0 Å². The molecule has 0 aliphatic rings. The minimum atomic E-state index is -0.525. The number of nitrogens with zero attached hydrogens (tertiary/aromatic N) is 1. The van der Waals surface area contributed by atoms with E-state index < -0.39 is 5.91 Å². The third kappa shape index (κ3) is 6.11. The molecule has 0 bridgehead atoms. The summed E-state index contributed by atoms with van der Waals surface area (Å²) in [5, 5.41) is 13.4. The molecular formula is C23H15BrCl2N2O2. The lowest BCUT2D eigenvalue weighted by Crippen LogP contribution is -2.13. The molecule has 0 heterocycles. The highest BCUT2D eigenvalue weighted by Gasteiger charge is 2.12. The van der Waals surface area contributed by atoms with Crippen molar-refractivity contribution in [3.63, 3.8) is 0 Å². The van der Waals surface area contributed by atoms with Crippen LogP contribution in [0.2, 0.25) is 10.0 Å². The van der Waals surface area contributed by atoms with Crippen LogP contribution < -0.4 is 10.1 Å². The predicted octanol–water partition coefficient (Wildman–Crippen LogP) is 6.88. The third-order valence-electron chi connectivity index (χ3n) is 4.05. The fourth-order valence-electron chi connectivity index (χ4n) is 2.54. The van der Waals surface area contributed by atoms with Crippen molar-refractivity contribution in [3.8, 4) is 11.8 Å². The highest BCUT2D eigenvalue weighted by Crippen LogP contribution is 2.27. The third-order valence-corrected chi connectivity index (χ3v) is 5.04. The van der Waals surface area contributed by atoms with Crippen molar-refractivity contribution >= 4 is 56.8 Å². The molecule has 0 saturated carbocycles. The van der Waals surface area contributed by atoms with E-state index in [0.29, 0.717) is 33.7 Å². The van der Waals surface area contributed by atoms with Gasteiger partial charge in [-0.1, -0.05) is 51.3 Å². The minimum Gasteiger partial charge on any atom is -0.488 e. The maximum Gasteiger partial charge on any atom is 0.266 e. The summed E-state index contributed by atoms with van der Waals surface area (Å²) < 4.78 is 6.70. The molecule has 0 unspecified atom stereocenters. The molecule has 0 fully saturated rings. The van der Waals surface area contributed by atoms with E-state index in [1.165, 1.54) is 6.08 Å². The van der Waals surface area contributed by atoms with Crippen LogP contribution in [-0.4, -0.2) is 5.91 Å². The monoisotopic (exact) mass is 500 g/mol. The van der Waals surface area contributed by atoms with Gasteiger partial charge in [0.15, 0.2) is 0 Å². The second kappa shape index (κ2) is 10.3. The number of rotatable bonds is 6. The molecule has 150 valence electrons. The molecule has 0 radical (unpaired) electrons. The zero-order valence-corrected chi connectivity index (χ0v) is 18.6. The van der Waals surface area contributed by atoms with Crippen molar-refractivity contribution in [2.24, 2.45) is 0 Å². The number of nitriles is 1. The van der Waals surface area contributed by atoms with Gasteiger partial charge in [0.05, 0.1) is 0 Å². The zero-order chi connectivity index (χ0) is 21.5. The summed E-state index contributed by atoms with van der Waals surface area (Å²) >= 11 is 15.2. The van der Waals surface area contributed by atoms with Crippen LogP contribution in [0.5, 0.6) is 5.75 Å². The molecule has 0 saturated heterocycles. The summed E-state index contributed by atoms with van der Waals surface area (Å²) in [6.07, 6.45) is 1.49. The summed E-state index contributed by atoms with van der Waals surface area (Å²) in [7, 11) is 0. The first-order chi connectivity index (χ1) is 14.4. The number of hydrogen-bond acceptors (Lipinski definition) is 3. The van der Waals surface area contributed by atoms with Crippen molar-refractivity contribution in [3.05, 3.63) is 97.9 Å². The highest BCUT2D eigenvalue weighted by atomic mass is 79.9. The summed E-state index contributed by atoms with van der Waals surface area (Å²) in [6.45, 7) is 0.318. The number of amides is 1. The van der Waals surface area contributed by atoms with Crippen molar-refractivity contribution in [1.82, 2.24) is 0 Å². The predicted molar refractivity (Wildman–Crippen MR) is 124 cm³/mol. The Kier molecular flexibility index (Phi) is 7.53. The summed E-state index contributed by atoms with van der Waals surface area (Å²) in [6, 6.07) is 21.3. The van der Waals surface area contributed by atoms with Crippen molar-refractivity contribution < 1.29 is 9.53 Å². The van der Waals surface area contributed by atoms with Crippen LogP contribution in [0.25, 0.3) is 6.08 Å². The Morgan fingerprint density at radius 3 is 2.30 bits per heavy atom. The molecule has 3 aromatic carbocycles. The minimum absolute atomic E-state index is 0.0561. The van der Waals surface area contributed by atoms with Crippen LogP contribution in [0.1, 0.15) is 11.1 Å². The lowest BCUT2D eigenvalue weighted by atomic mass is 10.1. The fourth-order valence-corrected chi connectivity index (χ4v) is 3.17. The van der Waals surface area contributed by atoms with Gasteiger partial charge in [-0.15, -0.1) is 0 Å². The molecular weight excluding hydrogens is 487 g/mol. The van der Waals surface area contributed by atoms with E-state index >= 15 is 0 Å². The number of halogens is 3. The Labute approximate surface area is 192 Å². The molecule has 0 atom stereocenters. The van der Waals surface area contributed by atoms with Crippen LogP contribution in [0.3, 0.4) is 0 Å². The largest absolute Gasteiger partial charge is 0.488 e. The number of benzene rings is 3. The summed E-state index contributed by atoms with van der Waals surface area (Å²) in [4.78, 5) is 12.5. The lowest BCUT2D eigenvalue weighted by molar-refractivity contribution is -0.112. The molecule has 1 N–H and O–H groups in total. The second-order valence-corrected chi connectivity index (χ2v) is 8.02. The summed E-state index contributed by atoms with van der Waals surface area (Å²) in [5.74, 6) is 0.0173. The second-order valence-electron chi connectivity index (χ2n) is 6.23. The lowest BCUT2D eigenvalue weighted by Gasteiger charge is -2.11. The quantitative estimate of drug-likeness (QED) is 0.295. The smallest absolute Gasteiger partial charge is 0.266 e. The molecule has 0 aromatic heterocycles. The molecule has 1 amide bonds. The first-order valence-electron chi connectivity index (χ1n) is 8.80. The van der Waals surface area contributed by atoms with Crippen LogP contribution in [0.15, 0.2) is 76.8 Å². The van der Waals surface area contributed by atoms with Gasteiger partial charge in [-0.25, -0.2) is 0 Å². The van der Waals surface area contributed by atoms with Gasteiger partial charge >= 0.3 is 0 Å². The SMILES string of the molecule is N#C/C(=C\c1cc(Br)ccc1OCc1ccc(Cl)cc1)C(=O)Nc1ccc(Cl)cc1. The summed E-state index contributed by atoms with van der Waals surface area (Å²) in [5.41, 5.74) is 2.03. The van der Waals surface area contributed by atoms with E-state index in [1.54, 1.807) is 48.5 Å². The average Bonchev–Trinajstić information content (AvgIpc) is 2.74. The van der Waals surface area contributed by atoms with Crippen LogP contribution in [-0.2, 0) is 11.4 Å². The maximum absolute atomic E-state index is 12.5. The van der Waals surface area contributed by atoms with Crippen LogP contribution >= 0.6 is 39.1 Å². The number of anilines is 1. The first kappa shape index (κ1) is 21.9. The van der Waals surface area contributed by atoms with E-state index in [9.17, 15) is 10.1 Å². The van der Waals surface area contributed by atoms with Crippen LogP contribution in [0, 0.1) is 11.3 Å². The maximum atomic E-state index is 12.5. The molecule has 30 heavy (non-hydrogen) atoms. The normalized spacial score (nSPS) is 10.9. The van der Waals surface area contributed by atoms with Gasteiger partial charge in [0.1, 0.15) is 24.0 Å². The fraction of sp³-hybridized carbons (Fsp3) is 0.0435. The van der Waals surface area contributed by atoms with Crippen molar-refractivity contribution in [2.75, 3.05) is 5.32 Å². The van der Waals surface area contributed by atoms with E-state index in [1.807, 2.05) is 24.3 Å². The first-order valence-corrected chi connectivity index (χ1v) is 10.3. The van der Waals surface area contributed by atoms with Gasteiger partial charge in [-0.2, -0.15) is 5.26 Å². The van der Waals surface area contributed by atoms with Gasteiger partial charge in [0.25, 0.3) is 5.91 Å². The Bertz CT molecular complexity index is 1120. The Hall–Kier alpha value is -2.78. The Balaban J connectivity index is 1.81. The number of carbonyl (C=O) groups excluding carboxylic acids is 1. The molecule has 3 rings (SSSR count). The van der Waals surface area contributed by atoms with E-state index in [2.05, 4.69) is 21.2 Å². The van der Waals surface area contributed by atoms with Gasteiger partial charge in [0.2, 0.25) is 0 Å². The number of carbonyl (C=O) groups is 1. The van der Waals surface area contributed by atoms with Crippen molar-refractivity contribution in [2.45, 2.75) is 6.61 Å². The number of hydrogen-bond donors (Lipinski definition) is 1. The highest BCUT2D eigenvalue weighted by molar-refractivity contribution is 9.10. The molecule has 7 heteroatoms. The Morgan fingerprint density at radius 2 is 1.67 bits per heavy atom. The topological polar surface area (TPSA) is 62.1 Å². The van der Waals surface area contributed by atoms with Crippen LogP contribution in [0.4, 0.5) is 5.69 Å². The molecule has 3 aromatic rings. The molecule has 0 spiro atoms. The van der Waals surface area contributed by atoms with Gasteiger partial charge in [-0.05, 0) is 66.2 Å². The zero-order valence-electron chi connectivity index (χ0n) is 15.5. The van der Waals surface area contributed by atoms with Gasteiger partial charge in [0, 0.05) is 25.8 Å². The van der Waals surface area contributed by atoms with Gasteiger partial charge < -0.3 is 10.1 Å². The molecule has 0 aliphatic carbocycles. The Morgan fingerprint density at radius 1 is 1.03 bits per heavy atom. The van der Waals surface area contributed by atoms with E-state index in [4.69, 9.17) is 27.9 Å². The van der Waals surface area contributed by atoms with Gasteiger partial charge in [-0.3, -0.25) is 4.79 Å². The number of nitrogens with one attached hydrogen (secondary N) is 1. The van der Waals surface area contributed by atoms with Crippen molar-refractivity contribution in [1.29, 1.82) is 5.26 Å². The number of ether oxygens (including phenoxy) is 1. The molecule has 4 nitrogen and oxygen atoms in total. The average molecular weight is 502 g/mol.